The largest absolute Gasteiger partial charge is 0.340 e. The normalized spacial score (nSPS) is 21.5. The summed E-state index contributed by atoms with van der Waals surface area (Å²) in [6.45, 7) is 3.11. The van der Waals surface area contributed by atoms with Crippen LogP contribution in [0.5, 0.6) is 0 Å². The van der Waals surface area contributed by atoms with Gasteiger partial charge in [0.2, 0.25) is 5.91 Å². The summed E-state index contributed by atoms with van der Waals surface area (Å²) in [5.41, 5.74) is 0. The molecule has 1 saturated heterocycles. The third-order valence-electron chi connectivity index (χ3n) is 3.04. The summed E-state index contributed by atoms with van der Waals surface area (Å²) < 4.78 is 23.1. The highest BCUT2D eigenvalue weighted by Crippen LogP contribution is 2.10. The Morgan fingerprint density at radius 1 is 1.47 bits per heavy atom. The van der Waals surface area contributed by atoms with Crippen LogP contribution in [0, 0.1) is 0 Å². The molecule has 0 aromatic rings. The molecule has 1 amide bonds. The fourth-order valence-electron chi connectivity index (χ4n) is 2.10. The molecule has 0 aromatic carbocycles. The van der Waals surface area contributed by atoms with E-state index < -0.39 is 9.84 Å². The Balaban J connectivity index is 2.52. The molecular weight excluding hydrogens is 240 g/mol. The molecule has 1 atom stereocenters. The van der Waals surface area contributed by atoms with Crippen LogP contribution in [-0.4, -0.2) is 56.9 Å². The van der Waals surface area contributed by atoms with E-state index in [-0.39, 0.29) is 17.4 Å². The van der Waals surface area contributed by atoms with Crippen LogP contribution < -0.4 is 5.32 Å². The molecule has 1 aliphatic heterocycles. The predicted molar refractivity (Wildman–Crippen MR) is 67.6 cm³/mol. The molecule has 0 bridgehead atoms. The van der Waals surface area contributed by atoms with Crippen molar-refractivity contribution in [1.29, 1.82) is 0 Å². The number of hydrogen-bond donors (Lipinski definition) is 1. The van der Waals surface area contributed by atoms with Crippen molar-refractivity contribution >= 4 is 15.7 Å². The number of nitrogens with zero attached hydrogens (tertiary/aromatic N) is 1. The van der Waals surface area contributed by atoms with Gasteiger partial charge in [0.25, 0.3) is 0 Å². The number of rotatable bonds is 5. The SMILES string of the molecule is CCCS(=O)(=O)CC(=O)N1CCCC(NC)C1. The Morgan fingerprint density at radius 2 is 2.18 bits per heavy atom. The van der Waals surface area contributed by atoms with Gasteiger partial charge < -0.3 is 10.2 Å². The van der Waals surface area contributed by atoms with E-state index in [0.29, 0.717) is 25.6 Å². The van der Waals surface area contributed by atoms with Gasteiger partial charge in [-0.3, -0.25) is 4.79 Å². The lowest BCUT2D eigenvalue weighted by Crippen LogP contribution is -2.48. The molecule has 17 heavy (non-hydrogen) atoms. The molecule has 1 rings (SSSR count). The molecule has 0 aromatic heterocycles. The number of likely N-dealkylation sites (tertiary alicyclic amines) is 1. The van der Waals surface area contributed by atoms with Gasteiger partial charge in [-0.2, -0.15) is 0 Å². The number of hydrogen-bond acceptors (Lipinski definition) is 4. The Morgan fingerprint density at radius 3 is 2.76 bits per heavy atom. The summed E-state index contributed by atoms with van der Waals surface area (Å²) in [6.07, 6.45) is 2.54. The van der Waals surface area contributed by atoms with E-state index in [1.165, 1.54) is 0 Å². The topological polar surface area (TPSA) is 66.5 Å². The van der Waals surface area contributed by atoms with Gasteiger partial charge in [0.1, 0.15) is 5.75 Å². The van der Waals surface area contributed by atoms with E-state index in [2.05, 4.69) is 5.32 Å². The molecule has 6 heteroatoms. The lowest BCUT2D eigenvalue weighted by molar-refractivity contribution is -0.129. The highest BCUT2D eigenvalue weighted by atomic mass is 32.2. The third kappa shape index (κ3) is 4.63. The second-order valence-corrected chi connectivity index (χ2v) is 6.74. The minimum atomic E-state index is -3.22. The van der Waals surface area contributed by atoms with Crippen molar-refractivity contribution in [1.82, 2.24) is 10.2 Å². The van der Waals surface area contributed by atoms with Crippen LogP contribution in [0.25, 0.3) is 0 Å². The molecule has 1 unspecified atom stereocenters. The summed E-state index contributed by atoms with van der Waals surface area (Å²) in [5, 5.41) is 3.13. The van der Waals surface area contributed by atoms with Crippen LogP contribution in [0.3, 0.4) is 0 Å². The fourth-order valence-corrected chi connectivity index (χ4v) is 3.43. The summed E-state index contributed by atoms with van der Waals surface area (Å²) in [4.78, 5) is 13.5. The van der Waals surface area contributed by atoms with Gasteiger partial charge in [0.15, 0.2) is 9.84 Å². The average Bonchev–Trinajstić information content (AvgIpc) is 2.28. The van der Waals surface area contributed by atoms with Crippen molar-refractivity contribution in [3.8, 4) is 0 Å². The van der Waals surface area contributed by atoms with Gasteiger partial charge in [-0.05, 0) is 26.3 Å². The van der Waals surface area contributed by atoms with Crippen LogP contribution >= 0.6 is 0 Å². The zero-order valence-corrected chi connectivity index (χ0v) is 11.4. The first-order valence-electron chi connectivity index (χ1n) is 6.14. The number of sulfone groups is 1. The lowest BCUT2D eigenvalue weighted by Gasteiger charge is -2.32. The van der Waals surface area contributed by atoms with Crippen LogP contribution in [0.2, 0.25) is 0 Å². The molecule has 5 nitrogen and oxygen atoms in total. The first-order valence-corrected chi connectivity index (χ1v) is 7.96. The van der Waals surface area contributed by atoms with Gasteiger partial charge in [0, 0.05) is 19.1 Å². The monoisotopic (exact) mass is 262 g/mol. The van der Waals surface area contributed by atoms with Crippen molar-refractivity contribution in [3.63, 3.8) is 0 Å². The van der Waals surface area contributed by atoms with Crippen LogP contribution in [0.1, 0.15) is 26.2 Å². The molecule has 1 fully saturated rings. The fraction of sp³-hybridized carbons (Fsp3) is 0.909. The third-order valence-corrected chi connectivity index (χ3v) is 4.76. The van der Waals surface area contributed by atoms with Crippen molar-refractivity contribution in [3.05, 3.63) is 0 Å². The number of likely N-dealkylation sites (N-methyl/N-ethyl adjacent to an activating group) is 1. The van der Waals surface area contributed by atoms with E-state index in [9.17, 15) is 13.2 Å². The number of carbonyl (C=O) groups excluding carboxylic acids is 1. The molecule has 1 heterocycles. The maximum Gasteiger partial charge on any atom is 0.237 e. The Labute approximate surface area is 103 Å². The maximum absolute atomic E-state index is 11.9. The Hall–Kier alpha value is -0.620. The molecule has 0 spiro atoms. The average molecular weight is 262 g/mol. The van der Waals surface area contributed by atoms with Crippen LogP contribution in [0.4, 0.5) is 0 Å². The van der Waals surface area contributed by atoms with E-state index in [0.717, 1.165) is 12.8 Å². The molecule has 0 aliphatic carbocycles. The van der Waals surface area contributed by atoms with Gasteiger partial charge in [0.05, 0.1) is 5.75 Å². The molecular formula is C11H22N2O3S. The molecule has 0 radical (unpaired) electrons. The second-order valence-electron chi connectivity index (χ2n) is 4.56. The quantitative estimate of drug-likeness (QED) is 0.758. The van der Waals surface area contributed by atoms with Crippen molar-refractivity contribution in [2.45, 2.75) is 32.2 Å². The van der Waals surface area contributed by atoms with E-state index in [1.807, 2.05) is 7.05 Å². The minimum absolute atomic E-state index is 0.0992. The zero-order valence-electron chi connectivity index (χ0n) is 10.6. The lowest BCUT2D eigenvalue weighted by atomic mass is 10.1. The molecule has 1 aliphatic rings. The first kappa shape index (κ1) is 14.4. The minimum Gasteiger partial charge on any atom is -0.340 e. The van der Waals surface area contributed by atoms with Gasteiger partial charge in [-0.1, -0.05) is 6.92 Å². The standard InChI is InChI=1S/C11H22N2O3S/c1-3-7-17(15,16)9-11(14)13-6-4-5-10(8-13)12-2/h10,12H,3-9H2,1-2H3. The second kappa shape index (κ2) is 6.35. The summed E-state index contributed by atoms with van der Waals surface area (Å²) in [5.74, 6) is -0.488. The van der Waals surface area contributed by atoms with Gasteiger partial charge >= 0.3 is 0 Å². The van der Waals surface area contributed by atoms with Gasteiger partial charge in [-0.25, -0.2) is 8.42 Å². The number of carbonyl (C=O) groups is 1. The molecule has 0 saturated carbocycles. The smallest absolute Gasteiger partial charge is 0.237 e. The van der Waals surface area contributed by atoms with Crippen LogP contribution in [-0.2, 0) is 14.6 Å². The van der Waals surface area contributed by atoms with Crippen LogP contribution in [0.15, 0.2) is 0 Å². The summed E-state index contributed by atoms with van der Waals surface area (Å²) in [6, 6.07) is 0.293. The van der Waals surface area contributed by atoms with E-state index in [1.54, 1.807) is 11.8 Å². The number of piperidine rings is 1. The maximum atomic E-state index is 11.9. The van der Waals surface area contributed by atoms with E-state index >= 15 is 0 Å². The summed E-state index contributed by atoms with van der Waals surface area (Å²) in [7, 11) is -1.35. The van der Waals surface area contributed by atoms with E-state index in [4.69, 9.17) is 0 Å². The van der Waals surface area contributed by atoms with Gasteiger partial charge in [-0.15, -0.1) is 0 Å². The number of nitrogens with one attached hydrogen (secondary N) is 1. The Kier molecular flexibility index (Phi) is 5.39. The highest BCUT2D eigenvalue weighted by Gasteiger charge is 2.25. The predicted octanol–water partition coefficient (Wildman–Crippen LogP) is 0.0216. The molecule has 100 valence electrons. The highest BCUT2D eigenvalue weighted by molar-refractivity contribution is 7.92. The first-order chi connectivity index (χ1) is 7.98. The Bertz CT molecular complexity index is 354. The summed E-state index contributed by atoms with van der Waals surface area (Å²) >= 11 is 0. The van der Waals surface area contributed by atoms with Crippen molar-refractivity contribution in [2.24, 2.45) is 0 Å². The van der Waals surface area contributed by atoms with Crippen molar-refractivity contribution in [2.75, 3.05) is 31.6 Å². The molecule has 1 N–H and O–H groups in total. The zero-order chi connectivity index (χ0) is 12.9. The number of amides is 1. The van der Waals surface area contributed by atoms with Crippen molar-refractivity contribution < 1.29 is 13.2 Å².